The van der Waals surface area contributed by atoms with Gasteiger partial charge in [-0.2, -0.15) is 0 Å². The molecule has 2 aliphatic heterocycles. The van der Waals surface area contributed by atoms with Crippen molar-refractivity contribution in [2.45, 2.75) is 55.7 Å². The fourth-order valence-electron chi connectivity index (χ4n) is 7.11. The lowest BCUT2D eigenvalue weighted by molar-refractivity contribution is -0.0890. The highest BCUT2D eigenvalue weighted by Crippen LogP contribution is 2.47. The Bertz CT molecular complexity index is 1430. The number of hydrogen-bond acceptors (Lipinski definition) is 3. The van der Waals surface area contributed by atoms with Gasteiger partial charge in [0.1, 0.15) is 6.61 Å². The second-order valence-corrected chi connectivity index (χ2v) is 11.0. The summed E-state index contributed by atoms with van der Waals surface area (Å²) in [5.41, 5.74) is 4.93. The van der Waals surface area contributed by atoms with E-state index in [9.17, 15) is 9.90 Å². The van der Waals surface area contributed by atoms with Crippen molar-refractivity contribution in [1.82, 2.24) is 4.90 Å². The molecule has 0 aromatic heterocycles. The molecule has 186 valence electrons. The minimum absolute atomic E-state index is 0.0142. The average Bonchev–Trinajstić information content (AvgIpc) is 3.24. The molecule has 0 spiro atoms. The van der Waals surface area contributed by atoms with Crippen LogP contribution < -0.4 is 0 Å². The first-order chi connectivity index (χ1) is 18.1. The van der Waals surface area contributed by atoms with Gasteiger partial charge in [0.05, 0.1) is 5.60 Å². The summed E-state index contributed by atoms with van der Waals surface area (Å²) in [4.78, 5) is 15.5. The molecule has 4 aromatic carbocycles. The number of carbonyl (C=O) groups excluding carboxylic acids is 1. The molecule has 1 N–H and O–H groups in total. The van der Waals surface area contributed by atoms with Crippen LogP contribution in [0, 0.1) is 0 Å². The van der Waals surface area contributed by atoms with Gasteiger partial charge >= 0.3 is 6.09 Å². The molecule has 3 aliphatic rings. The predicted octanol–water partition coefficient (Wildman–Crippen LogP) is 6.99. The van der Waals surface area contributed by atoms with E-state index in [1.54, 1.807) is 0 Å². The Labute approximate surface area is 217 Å². The Morgan fingerprint density at radius 1 is 0.811 bits per heavy atom. The summed E-state index contributed by atoms with van der Waals surface area (Å²) >= 11 is 0. The summed E-state index contributed by atoms with van der Waals surface area (Å²) in [5.74, 6) is 0.0514. The Morgan fingerprint density at radius 3 is 2.08 bits per heavy atom. The molecule has 0 radical (unpaired) electrons. The number of aliphatic hydroxyl groups is 1. The van der Waals surface area contributed by atoms with E-state index in [2.05, 4.69) is 78.9 Å². The predicted molar refractivity (Wildman–Crippen MR) is 145 cm³/mol. The molecule has 2 fully saturated rings. The first-order valence-electron chi connectivity index (χ1n) is 13.5. The zero-order valence-corrected chi connectivity index (χ0v) is 20.8. The van der Waals surface area contributed by atoms with Crippen molar-refractivity contribution in [3.63, 3.8) is 0 Å². The number of piperidine rings is 2. The Balaban J connectivity index is 1.11. The highest BCUT2D eigenvalue weighted by Gasteiger charge is 2.49. The Kier molecular flexibility index (Phi) is 5.33. The second kappa shape index (κ2) is 8.74. The molecule has 37 heavy (non-hydrogen) atoms. The number of benzene rings is 4. The van der Waals surface area contributed by atoms with Gasteiger partial charge in [-0.25, -0.2) is 4.79 Å². The van der Waals surface area contributed by atoms with Crippen LogP contribution in [-0.2, 0) is 10.3 Å². The monoisotopic (exact) mass is 489 g/mol. The quantitative estimate of drug-likeness (QED) is 0.337. The Morgan fingerprint density at radius 2 is 1.41 bits per heavy atom. The van der Waals surface area contributed by atoms with Gasteiger partial charge in [0, 0.05) is 30.8 Å². The van der Waals surface area contributed by atoms with Crippen LogP contribution in [0.15, 0.2) is 91.0 Å². The zero-order valence-electron chi connectivity index (χ0n) is 20.8. The molecule has 2 unspecified atom stereocenters. The van der Waals surface area contributed by atoms with E-state index in [-0.39, 0.29) is 24.1 Å². The van der Waals surface area contributed by atoms with Gasteiger partial charge in [-0.15, -0.1) is 0 Å². The van der Waals surface area contributed by atoms with Crippen LogP contribution in [-0.4, -0.2) is 34.8 Å². The van der Waals surface area contributed by atoms with Crippen molar-refractivity contribution < 1.29 is 14.6 Å². The number of ether oxygens (including phenoxy) is 1. The third-order valence-corrected chi connectivity index (χ3v) is 8.84. The molecule has 4 aromatic rings. The van der Waals surface area contributed by atoms with Gasteiger partial charge in [-0.05, 0) is 63.9 Å². The van der Waals surface area contributed by atoms with Gasteiger partial charge in [0.15, 0.2) is 0 Å². The van der Waals surface area contributed by atoms with Crippen LogP contribution in [0.2, 0.25) is 0 Å². The maximum atomic E-state index is 13.5. The van der Waals surface area contributed by atoms with Gasteiger partial charge in [0.2, 0.25) is 0 Å². The summed E-state index contributed by atoms with van der Waals surface area (Å²) in [6.07, 6.45) is 3.73. The SMILES string of the molecule is O=C(OCC1c2ccccc2-c2ccccc21)N1C2CCCC1CC(O)(c1ccc3ccccc3c1)C2. The molecule has 7 rings (SSSR count). The first kappa shape index (κ1) is 22.6. The van der Waals surface area contributed by atoms with Crippen LogP contribution in [0.3, 0.4) is 0 Å². The molecule has 2 heterocycles. The third kappa shape index (κ3) is 3.74. The van der Waals surface area contributed by atoms with Crippen LogP contribution >= 0.6 is 0 Å². The van der Waals surface area contributed by atoms with Crippen LogP contribution in [0.1, 0.15) is 54.7 Å². The minimum Gasteiger partial charge on any atom is -0.448 e. The lowest BCUT2D eigenvalue weighted by atomic mass is 9.72. The molecule has 4 nitrogen and oxygen atoms in total. The molecule has 2 atom stereocenters. The minimum atomic E-state index is -0.931. The molecule has 4 heteroatoms. The summed E-state index contributed by atoms with van der Waals surface area (Å²) in [7, 11) is 0. The number of fused-ring (bicyclic) bond motifs is 6. The number of nitrogens with zero attached hydrogens (tertiary/aromatic N) is 1. The maximum absolute atomic E-state index is 13.5. The fraction of sp³-hybridized carbons (Fsp3) is 0.303. The van der Waals surface area contributed by atoms with Crippen molar-refractivity contribution in [2.75, 3.05) is 6.61 Å². The summed E-state index contributed by atoms with van der Waals surface area (Å²) < 4.78 is 6.05. The van der Waals surface area contributed by atoms with E-state index in [0.29, 0.717) is 19.4 Å². The van der Waals surface area contributed by atoms with E-state index in [1.807, 2.05) is 17.0 Å². The van der Waals surface area contributed by atoms with Crippen molar-refractivity contribution in [1.29, 1.82) is 0 Å². The molecular formula is C33H31NO3. The van der Waals surface area contributed by atoms with Crippen molar-refractivity contribution >= 4 is 16.9 Å². The highest BCUT2D eigenvalue weighted by molar-refractivity contribution is 5.83. The largest absolute Gasteiger partial charge is 0.448 e. The smallest absolute Gasteiger partial charge is 0.410 e. The lowest BCUT2D eigenvalue weighted by Crippen LogP contribution is -2.59. The van der Waals surface area contributed by atoms with Crippen LogP contribution in [0.4, 0.5) is 4.79 Å². The summed E-state index contributed by atoms with van der Waals surface area (Å²) in [6.45, 7) is 0.331. The van der Waals surface area contributed by atoms with E-state index in [1.165, 1.54) is 27.6 Å². The first-order valence-corrected chi connectivity index (χ1v) is 13.5. The van der Waals surface area contributed by atoms with E-state index >= 15 is 0 Å². The average molecular weight is 490 g/mol. The standard InChI is InChI=1S/C33H31NO3/c35-32(37-21-31-29-14-5-3-12-27(29)28-13-4-6-15-30(28)31)34-25-10-7-11-26(34)20-33(36,19-25)24-17-16-22-8-1-2-9-23(22)18-24/h1-6,8-9,12-18,25-26,31,36H,7,10-11,19-21H2. The number of amides is 1. The van der Waals surface area contributed by atoms with Crippen molar-refractivity contribution in [3.05, 3.63) is 108 Å². The third-order valence-electron chi connectivity index (χ3n) is 8.84. The maximum Gasteiger partial charge on any atom is 0.410 e. The molecule has 1 amide bonds. The van der Waals surface area contributed by atoms with Gasteiger partial charge in [0.25, 0.3) is 0 Å². The topological polar surface area (TPSA) is 49.8 Å². The summed E-state index contributed by atoms with van der Waals surface area (Å²) in [5, 5.41) is 14.2. The molecule has 2 saturated heterocycles. The van der Waals surface area contributed by atoms with Gasteiger partial charge in [-0.1, -0.05) is 84.9 Å². The van der Waals surface area contributed by atoms with Crippen LogP contribution in [0.5, 0.6) is 0 Å². The van der Waals surface area contributed by atoms with E-state index < -0.39 is 5.60 Å². The van der Waals surface area contributed by atoms with Crippen LogP contribution in [0.25, 0.3) is 21.9 Å². The molecular weight excluding hydrogens is 458 g/mol. The summed E-state index contributed by atoms with van der Waals surface area (Å²) in [6, 6.07) is 31.3. The molecule has 0 saturated carbocycles. The van der Waals surface area contributed by atoms with E-state index in [0.717, 1.165) is 30.2 Å². The van der Waals surface area contributed by atoms with Crippen molar-refractivity contribution in [2.24, 2.45) is 0 Å². The molecule has 2 bridgehead atoms. The Hall–Kier alpha value is -3.63. The molecule has 1 aliphatic carbocycles. The van der Waals surface area contributed by atoms with E-state index in [4.69, 9.17) is 4.74 Å². The lowest BCUT2D eigenvalue weighted by Gasteiger charge is -2.51. The highest BCUT2D eigenvalue weighted by atomic mass is 16.6. The van der Waals surface area contributed by atoms with Gasteiger partial charge < -0.3 is 14.7 Å². The second-order valence-electron chi connectivity index (χ2n) is 11.0. The number of rotatable bonds is 3. The van der Waals surface area contributed by atoms with Crippen molar-refractivity contribution in [3.8, 4) is 11.1 Å². The fourth-order valence-corrected chi connectivity index (χ4v) is 7.11. The van der Waals surface area contributed by atoms with Gasteiger partial charge in [-0.3, -0.25) is 0 Å². The number of hydrogen-bond donors (Lipinski definition) is 1. The zero-order chi connectivity index (χ0) is 25.0. The number of carbonyl (C=O) groups is 1. The normalized spacial score (nSPS) is 24.5.